The van der Waals surface area contributed by atoms with Gasteiger partial charge in [0.25, 0.3) is 5.91 Å². The Morgan fingerprint density at radius 1 is 1.18 bits per heavy atom. The summed E-state index contributed by atoms with van der Waals surface area (Å²) in [6.07, 6.45) is 1.85. The van der Waals surface area contributed by atoms with Crippen LogP contribution in [0.3, 0.4) is 0 Å². The lowest BCUT2D eigenvalue weighted by Gasteiger charge is -2.01. The maximum Gasteiger partial charge on any atom is 0.264 e. The van der Waals surface area contributed by atoms with Crippen molar-refractivity contribution in [3.63, 3.8) is 0 Å². The maximum absolute atomic E-state index is 12.0. The normalized spacial score (nSPS) is 18.0. The quantitative estimate of drug-likeness (QED) is 0.822. The molecular formula is C17H13ClN2OS. The van der Waals surface area contributed by atoms with Crippen molar-refractivity contribution in [1.82, 2.24) is 5.32 Å². The number of halogens is 1. The first-order valence-corrected chi connectivity index (χ1v) is 7.92. The molecular weight excluding hydrogens is 316 g/mol. The lowest BCUT2D eigenvalue weighted by Crippen LogP contribution is -2.19. The number of benzene rings is 2. The van der Waals surface area contributed by atoms with Gasteiger partial charge < -0.3 is 5.32 Å². The van der Waals surface area contributed by atoms with Crippen molar-refractivity contribution in [3.05, 3.63) is 69.6 Å². The first kappa shape index (κ1) is 14.9. The fraction of sp³-hybridized carbons (Fsp3) is 0.0588. The molecule has 3 nitrogen and oxygen atoms in total. The second kappa shape index (κ2) is 6.38. The lowest BCUT2D eigenvalue weighted by molar-refractivity contribution is -0.115. The van der Waals surface area contributed by atoms with E-state index in [1.165, 1.54) is 11.8 Å². The molecule has 110 valence electrons. The van der Waals surface area contributed by atoms with E-state index >= 15 is 0 Å². The second-order valence-corrected chi connectivity index (χ2v) is 6.29. The highest BCUT2D eigenvalue weighted by atomic mass is 35.5. The van der Waals surface area contributed by atoms with Gasteiger partial charge in [0.1, 0.15) is 0 Å². The van der Waals surface area contributed by atoms with Gasteiger partial charge in [-0.25, -0.2) is 4.99 Å². The molecule has 0 saturated carbocycles. The molecule has 1 amide bonds. The molecule has 0 spiro atoms. The number of carbonyl (C=O) groups excluding carboxylic acids is 1. The Labute approximate surface area is 138 Å². The van der Waals surface area contributed by atoms with E-state index in [2.05, 4.69) is 10.3 Å². The highest BCUT2D eigenvalue weighted by molar-refractivity contribution is 8.18. The molecule has 2 aromatic rings. The molecule has 22 heavy (non-hydrogen) atoms. The summed E-state index contributed by atoms with van der Waals surface area (Å²) in [5.41, 5.74) is 2.75. The minimum Gasteiger partial charge on any atom is -0.300 e. The summed E-state index contributed by atoms with van der Waals surface area (Å²) in [4.78, 5) is 17.1. The first-order valence-electron chi connectivity index (χ1n) is 6.72. The minimum absolute atomic E-state index is 0.132. The third-order valence-electron chi connectivity index (χ3n) is 3.14. The number of amides is 1. The van der Waals surface area contributed by atoms with Crippen LogP contribution in [0.4, 0.5) is 5.69 Å². The molecule has 1 aliphatic rings. The Morgan fingerprint density at radius 2 is 1.95 bits per heavy atom. The van der Waals surface area contributed by atoms with Crippen molar-refractivity contribution >= 4 is 46.2 Å². The molecule has 1 fully saturated rings. The Kier molecular flexibility index (Phi) is 4.32. The molecule has 1 aliphatic heterocycles. The molecule has 0 radical (unpaired) electrons. The molecule has 1 heterocycles. The van der Waals surface area contributed by atoms with Gasteiger partial charge in [-0.1, -0.05) is 48.0 Å². The average molecular weight is 329 g/mol. The maximum atomic E-state index is 12.0. The zero-order valence-corrected chi connectivity index (χ0v) is 13.4. The number of hydrogen-bond acceptors (Lipinski definition) is 3. The Balaban J connectivity index is 1.87. The van der Waals surface area contributed by atoms with Crippen LogP contribution in [0.15, 0.2) is 58.4 Å². The summed E-state index contributed by atoms with van der Waals surface area (Å²) in [7, 11) is 0. The summed E-state index contributed by atoms with van der Waals surface area (Å²) in [5.74, 6) is -0.132. The van der Waals surface area contributed by atoms with Gasteiger partial charge in [0, 0.05) is 5.02 Å². The van der Waals surface area contributed by atoms with Crippen molar-refractivity contribution in [1.29, 1.82) is 0 Å². The smallest absolute Gasteiger partial charge is 0.264 e. The number of nitrogens with one attached hydrogen (secondary N) is 1. The number of nitrogens with zero attached hydrogens (tertiary/aromatic N) is 1. The van der Waals surface area contributed by atoms with E-state index in [1.54, 1.807) is 6.07 Å². The minimum atomic E-state index is -0.132. The lowest BCUT2D eigenvalue weighted by atomic mass is 10.2. The van der Waals surface area contributed by atoms with Crippen LogP contribution in [0.5, 0.6) is 0 Å². The fourth-order valence-electron chi connectivity index (χ4n) is 1.99. The zero-order valence-electron chi connectivity index (χ0n) is 11.8. The highest BCUT2D eigenvalue weighted by Gasteiger charge is 2.23. The van der Waals surface area contributed by atoms with Crippen molar-refractivity contribution in [2.75, 3.05) is 0 Å². The zero-order chi connectivity index (χ0) is 15.5. The van der Waals surface area contributed by atoms with Crippen LogP contribution < -0.4 is 5.32 Å². The first-order chi connectivity index (χ1) is 10.6. The predicted molar refractivity (Wildman–Crippen MR) is 93.4 cm³/mol. The number of thioether (sulfide) groups is 1. The van der Waals surface area contributed by atoms with E-state index < -0.39 is 0 Å². The van der Waals surface area contributed by atoms with Gasteiger partial charge in [0.15, 0.2) is 5.17 Å². The second-order valence-electron chi connectivity index (χ2n) is 4.82. The topological polar surface area (TPSA) is 41.5 Å². The van der Waals surface area contributed by atoms with Crippen molar-refractivity contribution in [2.24, 2.45) is 4.99 Å². The van der Waals surface area contributed by atoms with Crippen molar-refractivity contribution in [3.8, 4) is 0 Å². The van der Waals surface area contributed by atoms with Crippen molar-refractivity contribution in [2.45, 2.75) is 6.92 Å². The number of carbonyl (C=O) groups is 1. The van der Waals surface area contributed by atoms with E-state index in [4.69, 9.17) is 11.6 Å². The molecule has 0 bridgehead atoms. The van der Waals surface area contributed by atoms with E-state index in [0.29, 0.717) is 15.1 Å². The summed E-state index contributed by atoms with van der Waals surface area (Å²) < 4.78 is 0. The van der Waals surface area contributed by atoms with E-state index in [0.717, 1.165) is 16.8 Å². The van der Waals surface area contributed by atoms with Crippen LogP contribution in [0, 0.1) is 6.92 Å². The van der Waals surface area contributed by atoms with Gasteiger partial charge in [-0.15, -0.1) is 0 Å². The number of rotatable bonds is 2. The van der Waals surface area contributed by atoms with Gasteiger partial charge in [-0.05, 0) is 48.0 Å². The average Bonchev–Trinajstić information content (AvgIpc) is 2.84. The van der Waals surface area contributed by atoms with Gasteiger partial charge in [-0.2, -0.15) is 0 Å². The number of amidine groups is 1. The number of aliphatic imine (C=N–C) groups is 1. The van der Waals surface area contributed by atoms with Crippen LogP contribution in [-0.2, 0) is 4.79 Å². The highest BCUT2D eigenvalue weighted by Crippen LogP contribution is 2.30. The molecule has 3 rings (SSSR count). The molecule has 1 N–H and O–H groups in total. The van der Waals surface area contributed by atoms with Crippen LogP contribution in [0.2, 0.25) is 5.02 Å². The van der Waals surface area contributed by atoms with E-state index in [1.807, 2.05) is 55.5 Å². The van der Waals surface area contributed by atoms with Gasteiger partial charge in [-0.3, -0.25) is 4.79 Å². The van der Waals surface area contributed by atoms with Gasteiger partial charge in [0.2, 0.25) is 0 Å². The van der Waals surface area contributed by atoms with Crippen LogP contribution >= 0.6 is 23.4 Å². The number of hydrogen-bond donors (Lipinski definition) is 1. The summed E-state index contributed by atoms with van der Waals surface area (Å²) in [6.45, 7) is 1.96. The molecule has 0 atom stereocenters. The third-order valence-corrected chi connectivity index (χ3v) is 4.29. The third kappa shape index (κ3) is 3.40. The van der Waals surface area contributed by atoms with E-state index in [9.17, 15) is 4.79 Å². The SMILES string of the molecule is Cc1ccc(Cl)cc1N=C1NC(=O)/C(=C/c2ccccc2)S1. The molecule has 1 saturated heterocycles. The van der Waals surface area contributed by atoms with Crippen molar-refractivity contribution < 1.29 is 4.79 Å². The Hall–Kier alpha value is -2.04. The Bertz CT molecular complexity index is 785. The van der Waals surface area contributed by atoms with Crippen LogP contribution in [0.25, 0.3) is 6.08 Å². The Morgan fingerprint density at radius 3 is 2.73 bits per heavy atom. The molecule has 0 aliphatic carbocycles. The monoisotopic (exact) mass is 328 g/mol. The molecule has 0 unspecified atom stereocenters. The summed E-state index contributed by atoms with van der Waals surface area (Å²) >= 11 is 7.32. The standard InChI is InChI=1S/C17H13ClN2OS/c1-11-7-8-13(18)10-14(11)19-17-20-16(21)15(22-17)9-12-5-3-2-4-6-12/h2-10H,1H3,(H,19,20,21)/b15-9-. The summed E-state index contributed by atoms with van der Waals surface area (Å²) in [5, 5.41) is 3.97. The molecule has 0 aromatic heterocycles. The summed E-state index contributed by atoms with van der Waals surface area (Å²) in [6, 6.07) is 15.2. The molecule has 2 aromatic carbocycles. The van der Waals surface area contributed by atoms with Gasteiger partial charge >= 0.3 is 0 Å². The fourth-order valence-corrected chi connectivity index (χ4v) is 2.99. The van der Waals surface area contributed by atoms with Gasteiger partial charge in [0.05, 0.1) is 10.6 Å². The van der Waals surface area contributed by atoms with Crippen LogP contribution in [-0.4, -0.2) is 11.1 Å². The predicted octanol–water partition coefficient (Wildman–Crippen LogP) is 4.54. The molecule has 5 heteroatoms. The van der Waals surface area contributed by atoms with Crippen LogP contribution in [0.1, 0.15) is 11.1 Å². The largest absolute Gasteiger partial charge is 0.300 e. The number of aryl methyl sites for hydroxylation is 1. The van der Waals surface area contributed by atoms with E-state index in [-0.39, 0.29) is 5.91 Å².